The van der Waals surface area contributed by atoms with Gasteiger partial charge in [-0.15, -0.1) is 0 Å². The Morgan fingerprint density at radius 3 is 2.59 bits per heavy atom. The molecule has 1 aromatic carbocycles. The van der Waals surface area contributed by atoms with Gasteiger partial charge in [0.15, 0.2) is 16.7 Å². The monoisotopic (exact) mass is 340 g/mol. The van der Waals surface area contributed by atoms with Crippen LogP contribution in [-0.4, -0.2) is 30.4 Å². The van der Waals surface area contributed by atoms with Crippen LogP contribution in [0.25, 0.3) is 0 Å². The molecule has 0 aliphatic rings. The molecule has 0 aliphatic carbocycles. The van der Waals surface area contributed by atoms with E-state index < -0.39 is 0 Å². The molecule has 0 radical (unpaired) electrons. The molecule has 0 aliphatic heterocycles. The van der Waals surface area contributed by atoms with E-state index in [1.165, 1.54) is 18.9 Å². The second-order valence-corrected chi connectivity index (χ2v) is 5.83. The summed E-state index contributed by atoms with van der Waals surface area (Å²) in [6, 6.07) is 3.58. The van der Waals surface area contributed by atoms with Crippen molar-refractivity contribution in [2.75, 3.05) is 20.5 Å². The Hall–Kier alpha value is -1.66. The van der Waals surface area contributed by atoms with Crippen molar-refractivity contribution in [2.24, 2.45) is 0 Å². The molecule has 1 heterocycles. The number of rotatable bonds is 5. The molecule has 0 saturated heterocycles. The van der Waals surface area contributed by atoms with Crippen LogP contribution in [0, 0.1) is 6.92 Å². The summed E-state index contributed by atoms with van der Waals surface area (Å²) in [5, 5.41) is 1.05. The summed E-state index contributed by atoms with van der Waals surface area (Å²) >= 11 is 7.60. The number of halogens is 1. The van der Waals surface area contributed by atoms with E-state index in [0.717, 1.165) is 5.56 Å². The van der Waals surface area contributed by atoms with Crippen LogP contribution in [0.2, 0.25) is 5.02 Å². The van der Waals surface area contributed by atoms with E-state index in [9.17, 15) is 4.79 Å². The Morgan fingerprint density at radius 2 is 2.05 bits per heavy atom. The van der Waals surface area contributed by atoms with Crippen LogP contribution in [0.4, 0.5) is 0 Å². The molecular weight excluding hydrogens is 324 g/mol. The molecule has 0 saturated carbocycles. The van der Waals surface area contributed by atoms with Gasteiger partial charge >= 0.3 is 0 Å². The molecule has 0 spiro atoms. The molecule has 0 unspecified atom stereocenters. The van der Waals surface area contributed by atoms with E-state index in [4.69, 9.17) is 21.1 Å². The minimum Gasteiger partial charge on any atom is -0.493 e. The van der Waals surface area contributed by atoms with E-state index in [0.29, 0.717) is 39.4 Å². The number of aromatic amines is 1. The predicted octanol–water partition coefficient (Wildman–Crippen LogP) is 3.06. The van der Waals surface area contributed by atoms with Gasteiger partial charge in [0, 0.05) is 17.7 Å². The minimum atomic E-state index is -0.136. The van der Waals surface area contributed by atoms with Crippen LogP contribution in [0.15, 0.2) is 22.1 Å². The highest BCUT2D eigenvalue weighted by molar-refractivity contribution is 7.98. The van der Waals surface area contributed by atoms with Gasteiger partial charge in [0.25, 0.3) is 5.56 Å². The zero-order valence-corrected chi connectivity index (χ0v) is 14.4. The Balaban J connectivity index is 2.44. The molecule has 5 nitrogen and oxygen atoms in total. The number of thioether (sulfide) groups is 1. The summed E-state index contributed by atoms with van der Waals surface area (Å²) < 4.78 is 10.5. The van der Waals surface area contributed by atoms with Gasteiger partial charge in [0.1, 0.15) is 0 Å². The number of hydrogen-bond donors (Lipinski definition) is 1. The molecule has 0 amide bonds. The Bertz CT molecular complexity index is 746. The van der Waals surface area contributed by atoms with E-state index in [1.807, 2.05) is 19.2 Å². The molecular formula is C15H17ClN2O3S. The summed E-state index contributed by atoms with van der Waals surface area (Å²) in [6.45, 7) is 1.83. The lowest BCUT2D eigenvalue weighted by atomic mass is 10.0. The largest absolute Gasteiger partial charge is 0.493 e. The summed E-state index contributed by atoms with van der Waals surface area (Å²) in [4.78, 5) is 19.3. The molecule has 2 rings (SSSR count). The van der Waals surface area contributed by atoms with Gasteiger partial charge in [-0.3, -0.25) is 4.79 Å². The zero-order chi connectivity index (χ0) is 16.3. The smallest absolute Gasteiger partial charge is 0.255 e. The molecule has 0 atom stereocenters. The van der Waals surface area contributed by atoms with Gasteiger partial charge < -0.3 is 14.5 Å². The number of H-pyrrole nitrogens is 1. The first-order chi connectivity index (χ1) is 10.5. The van der Waals surface area contributed by atoms with E-state index in [2.05, 4.69) is 9.97 Å². The van der Waals surface area contributed by atoms with Crippen molar-refractivity contribution in [3.63, 3.8) is 0 Å². The van der Waals surface area contributed by atoms with Crippen molar-refractivity contribution in [2.45, 2.75) is 18.5 Å². The van der Waals surface area contributed by atoms with Crippen molar-refractivity contribution in [1.29, 1.82) is 0 Å². The quantitative estimate of drug-likeness (QED) is 0.669. The lowest BCUT2D eigenvalue weighted by Gasteiger charge is -2.12. The minimum absolute atomic E-state index is 0.136. The van der Waals surface area contributed by atoms with Gasteiger partial charge in [-0.1, -0.05) is 23.4 Å². The molecule has 2 aromatic rings. The van der Waals surface area contributed by atoms with Crippen molar-refractivity contribution in [3.8, 4) is 11.5 Å². The predicted molar refractivity (Wildman–Crippen MR) is 88.7 cm³/mol. The summed E-state index contributed by atoms with van der Waals surface area (Å²) in [6.07, 6.45) is 2.29. The maximum absolute atomic E-state index is 12.2. The number of ether oxygens (including phenoxy) is 2. The Labute approximate surface area is 138 Å². The normalized spacial score (nSPS) is 10.6. The van der Waals surface area contributed by atoms with Gasteiger partial charge in [0.05, 0.1) is 19.2 Å². The fraction of sp³-hybridized carbons (Fsp3) is 0.333. The van der Waals surface area contributed by atoms with E-state index >= 15 is 0 Å². The van der Waals surface area contributed by atoms with Gasteiger partial charge in [-0.05, 0) is 30.9 Å². The van der Waals surface area contributed by atoms with Crippen LogP contribution in [0.5, 0.6) is 11.5 Å². The van der Waals surface area contributed by atoms with E-state index in [-0.39, 0.29) is 5.56 Å². The lowest BCUT2D eigenvalue weighted by molar-refractivity contribution is 0.355. The van der Waals surface area contributed by atoms with Gasteiger partial charge in [-0.2, -0.15) is 0 Å². The first-order valence-electron chi connectivity index (χ1n) is 6.54. The number of benzene rings is 1. The second kappa shape index (κ2) is 7.07. The highest BCUT2D eigenvalue weighted by atomic mass is 35.5. The number of aryl methyl sites for hydroxylation is 1. The average molecular weight is 341 g/mol. The summed E-state index contributed by atoms with van der Waals surface area (Å²) in [7, 11) is 3.08. The maximum atomic E-state index is 12.2. The third-order valence-electron chi connectivity index (χ3n) is 3.27. The molecule has 7 heteroatoms. The first-order valence-corrected chi connectivity index (χ1v) is 8.14. The van der Waals surface area contributed by atoms with Gasteiger partial charge in [-0.25, -0.2) is 4.98 Å². The number of aromatic nitrogens is 2. The highest BCUT2D eigenvalue weighted by Gasteiger charge is 2.14. The molecule has 118 valence electrons. The number of methoxy groups -OCH3 is 2. The fourth-order valence-corrected chi connectivity index (χ4v) is 2.90. The second-order valence-electron chi connectivity index (χ2n) is 4.63. The standard InChI is InChI=1S/C15H17ClN2O3S/c1-8-10(14(19)18-15(17-8)22-4)5-9-6-11(16)13(21-3)12(7-9)20-2/h6-7H,5H2,1-4H3,(H,17,18,19). The van der Waals surface area contributed by atoms with Crippen molar-refractivity contribution in [1.82, 2.24) is 9.97 Å². The van der Waals surface area contributed by atoms with Crippen LogP contribution in [0.1, 0.15) is 16.8 Å². The number of nitrogens with zero attached hydrogens (tertiary/aromatic N) is 1. The van der Waals surface area contributed by atoms with E-state index in [1.54, 1.807) is 13.2 Å². The van der Waals surface area contributed by atoms with Crippen molar-refractivity contribution >= 4 is 23.4 Å². The number of nitrogens with one attached hydrogen (secondary N) is 1. The third kappa shape index (κ3) is 3.39. The highest BCUT2D eigenvalue weighted by Crippen LogP contribution is 2.36. The molecule has 0 bridgehead atoms. The summed E-state index contributed by atoms with van der Waals surface area (Å²) in [5.41, 5.74) is 2.04. The van der Waals surface area contributed by atoms with Crippen LogP contribution < -0.4 is 15.0 Å². The zero-order valence-electron chi connectivity index (χ0n) is 12.8. The lowest BCUT2D eigenvalue weighted by Crippen LogP contribution is -2.17. The van der Waals surface area contributed by atoms with Crippen LogP contribution in [0.3, 0.4) is 0 Å². The van der Waals surface area contributed by atoms with Crippen LogP contribution >= 0.6 is 23.4 Å². The summed E-state index contributed by atoms with van der Waals surface area (Å²) in [5.74, 6) is 1.02. The first kappa shape index (κ1) is 16.7. The van der Waals surface area contributed by atoms with Crippen molar-refractivity contribution < 1.29 is 9.47 Å². The molecule has 0 fully saturated rings. The Kier molecular flexibility index (Phi) is 5.37. The third-order valence-corrected chi connectivity index (χ3v) is 4.13. The molecule has 1 aromatic heterocycles. The average Bonchev–Trinajstić information content (AvgIpc) is 2.49. The fourth-order valence-electron chi connectivity index (χ4n) is 2.17. The maximum Gasteiger partial charge on any atom is 0.255 e. The Morgan fingerprint density at radius 1 is 1.32 bits per heavy atom. The van der Waals surface area contributed by atoms with Crippen molar-refractivity contribution in [3.05, 3.63) is 44.3 Å². The van der Waals surface area contributed by atoms with Gasteiger partial charge in [0.2, 0.25) is 0 Å². The molecule has 1 N–H and O–H groups in total. The molecule has 22 heavy (non-hydrogen) atoms. The SMILES string of the molecule is COc1cc(Cc2c(C)nc(SC)[nH]c2=O)cc(Cl)c1OC. The topological polar surface area (TPSA) is 64.2 Å². The van der Waals surface area contributed by atoms with Crippen LogP contribution in [-0.2, 0) is 6.42 Å². The number of hydrogen-bond acceptors (Lipinski definition) is 5.